The predicted octanol–water partition coefficient (Wildman–Crippen LogP) is 9.63. The third kappa shape index (κ3) is 4.25. The molecule has 2 aliphatic heterocycles. The van der Waals surface area contributed by atoms with E-state index in [2.05, 4.69) is 46.7 Å². The Labute approximate surface area is 224 Å². The maximum absolute atomic E-state index is 6.82. The van der Waals surface area contributed by atoms with Crippen LogP contribution in [0.4, 0.5) is 0 Å². The number of halogens is 3. The van der Waals surface area contributed by atoms with Crippen molar-refractivity contribution in [2.24, 2.45) is 4.99 Å². The Kier molecular flexibility index (Phi) is 6.28. The minimum absolute atomic E-state index is 0.0296. The first kappa shape index (κ1) is 23.0. The molecule has 35 heavy (non-hydrogen) atoms. The summed E-state index contributed by atoms with van der Waals surface area (Å²) in [5, 5.41) is 5.39. The zero-order chi connectivity index (χ0) is 23.9. The van der Waals surface area contributed by atoms with Crippen LogP contribution < -0.4 is 0 Å². The van der Waals surface area contributed by atoms with E-state index in [1.807, 2.05) is 42.5 Å². The van der Waals surface area contributed by atoms with Crippen molar-refractivity contribution in [1.82, 2.24) is 4.90 Å². The average molecular weight is 536 g/mol. The topological polar surface area (TPSA) is 15.6 Å². The van der Waals surface area contributed by atoms with Gasteiger partial charge in [0.1, 0.15) is 0 Å². The molecule has 1 atom stereocenters. The molecule has 3 aromatic carbocycles. The van der Waals surface area contributed by atoms with Crippen molar-refractivity contribution in [2.75, 3.05) is 0 Å². The Morgan fingerprint density at radius 1 is 0.857 bits per heavy atom. The van der Waals surface area contributed by atoms with Gasteiger partial charge in [0.15, 0.2) is 5.17 Å². The Hall–Kier alpha value is -2.43. The maximum atomic E-state index is 6.82. The van der Waals surface area contributed by atoms with E-state index in [0.29, 0.717) is 0 Å². The van der Waals surface area contributed by atoms with Crippen molar-refractivity contribution in [3.05, 3.63) is 127 Å². The van der Waals surface area contributed by atoms with Gasteiger partial charge in [-0.2, -0.15) is 0 Å². The fraction of sp³-hybridized carbons (Fsp3) is 0.138. The highest BCUT2D eigenvalue weighted by Gasteiger charge is 2.40. The van der Waals surface area contributed by atoms with Crippen LogP contribution in [0.15, 0.2) is 100 Å². The standard InChI is InChI=1S/C29H21Cl3N2S/c30-21-14-12-18(13-15-21)26-17-35-29-33-27-20(16-19-6-1-3-10-24(19)31)7-5-9-23(27)28(34(26)29)22-8-2-4-11-25(22)32/h1-4,6,8,10-17,28H,5,7,9H2/b20-16+/t28-/m0/s1. The summed E-state index contributed by atoms with van der Waals surface area (Å²) in [6, 6.07) is 24.1. The third-order valence-electron chi connectivity index (χ3n) is 6.61. The molecule has 0 saturated carbocycles. The Bertz CT molecular complexity index is 1440. The summed E-state index contributed by atoms with van der Waals surface area (Å²) in [4.78, 5) is 7.56. The molecule has 0 amide bonds. The second kappa shape index (κ2) is 9.55. The smallest absolute Gasteiger partial charge is 0.174 e. The second-order valence-corrected chi connectivity index (χ2v) is 10.8. The SMILES string of the molecule is Clc1ccc(C2=CSC3=NC4=C(CCC/C4=C\c4ccccc4Cl)[C@H](c4ccccc4Cl)N23)cc1. The first-order chi connectivity index (χ1) is 17.1. The van der Waals surface area contributed by atoms with Gasteiger partial charge in [-0.3, -0.25) is 0 Å². The van der Waals surface area contributed by atoms with Gasteiger partial charge in [-0.15, -0.1) is 0 Å². The molecular formula is C29H21Cl3N2S. The van der Waals surface area contributed by atoms with Crippen LogP contribution in [0.1, 0.15) is 42.0 Å². The minimum atomic E-state index is -0.0296. The number of amidine groups is 1. The molecule has 0 radical (unpaired) electrons. The molecular weight excluding hydrogens is 515 g/mol. The second-order valence-electron chi connectivity index (χ2n) is 8.73. The van der Waals surface area contributed by atoms with Gasteiger partial charge < -0.3 is 4.90 Å². The highest BCUT2D eigenvalue weighted by atomic mass is 35.5. The lowest BCUT2D eigenvalue weighted by atomic mass is 9.82. The molecule has 0 aromatic heterocycles. The molecule has 0 unspecified atom stereocenters. The van der Waals surface area contributed by atoms with E-state index in [0.717, 1.165) is 67.6 Å². The summed E-state index contributed by atoms with van der Waals surface area (Å²) < 4.78 is 0. The summed E-state index contributed by atoms with van der Waals surface area (Å²) in [5.41, 5.74) is 7.94. The Morgan fingerprint density at radius 2 is 1.60 bits per heavy atom. The maximum Gasteiger partial charge on any atom is 0.174 e. The molecule has 174 valence electrons. The van der Waals surface area contributed by atoms with Crippen molar-refractivity contribution in [2.45, 2.75) is 25.3 Å². The monoisotopic (exact) mass is 534 g/mol. The molecule has 0 saturated heterocycles. The van der Waals surface area contributed by atoms with Crippen molar-refractivity contribution in [3.8, 4) is 0 Å². The zero-order valence-corrected chi connectivity index (χ0v) is 21.8. The summed E-state index contributed by atoms with van der Waals surface area (Å²) in [6.45, 7) is 0. The Morgan fingerprint density at radius 3 is 2.37 bits per heavy atom. The number of nitrogens with zero attached hydrogens (tertiary/aromatic N) is 2. The van der Waals surface area contributed by atoms with Gasteiger partial charge in [0.05, 0.1) is 17.4 Å². The predicted molar refractivity (Wildman–Crippen MR) is 151 cm³/mol. The van der Waals surface area contributed by atoms with Crippen LogP contribution in [0.5, 0.6) is 0 Å². The first-order valence-corrected chi connectivity index (χ1v) is 13.5. The van der Waals surface area contributed by atoms with E-state index in [-0.39, 0.29) is 6.04 Å². The fourth-order valence-corrected chi connectivity index (χ4v) is 6.48. The van der Waals surface area contributed by atoms with Crippen LogP contribution in [-0.2, 0) is 0 Å². The van der Waals surface area contributed by atoms with Gasteiger partial charge in [0.2, 0.25) is 0 Å². The van der Waals surface area contributed by atoms with Gasteiger partial charge in [-0.05, 0) is 77.4 Å². The van der Waals surface area contributed by atoms with Crippen LogP contribution in [0.2, 0.25) is 15.1 Å². The van der Waals surface area contributed by atoms with Crippen LogP contribution >= 0.6 is 46.6 Å². The van der Waals surface area contributed by atoms with Gasteiger partial charge in [-0.25, -0.2) is 4.99 Å². The van der Waals surface area contributed by atoms with Gasteiger partial charge in [-0.1, -0.05) is 95.1 Å². The molecule has 0 bridgehead atoms. The fourth-order valence-electron chi connectivity index (χ4n) is 5.00. The van der Waals surface area contributed by atoms with Gasteiger partial charge >= 0.3 is 0 Å². The molecule has 6 heteroatoms. The lowest BCUT2D eigenvalue weighted by Gasteiger charge is -2.40. The van der Waals surface area contributed by atoms with E-state index >= 15 is 0 Å². The molecule has 2 heterocycles. The molecule has 0 N–H and O–H groups in total. The van der Waals surface area contributed by atoms with Gasteiger partial charge in [0, 0.05) is 20.5 Å². The molecule has 0 spiro atoms. The Balaban J connectivity index is 1.52. The van der Waals surface area contributed by atoms with Crippen molar-refractivity contribution in [1.29, 1.82) is 0 Å². The molecule has 0 fully saturated rings. The van der Waals surface area contributed by atoms with Crippen molar-refractivity contribution < 1.29 is 0 Å². The normalized spacial score (nSPS) is 20.5. The van der Waals surface area contributed by atoms with Crippen molar-refractivity contribution >= 4 is 63.5 Å². The van der Waals surface area contributed by atoms with Crippen LogP contribution in [0.3, 0.4) is 0 Å². The van der Waals surface area contributed by atoms with E-state index in [1.54, 1.807) is 11.8 Å². The highest BCUT2D eigenvalue weighted by Crippen LogP contribution is 2.52. The molecule has 1 aliphatic carbocycles. The number of hydrogen-bond acceptors (Lipinski definition) is 3. The minimum Gasteiger partial charge on any atom is -0.308 e. The number of hydrogen-bond donors (Lipinski definition) is 0. The first-order valence-electron chi connectivity index (χ1n) is 11.5. The summed E-state index contributed by atoms with van der Waals surface area (Å²) in [7, 11) is 0. The van der Waals surface area contributed by atoms with E-state index < -0.39 is 0 Å². The highest BCUT2D eigenvalue weighted by molar-refractivity contribution is 8.16. The summed E-state index contributed by atoms with van der Waals surface area (Å²) in [5.74, 6) is 0. The molecule has 2 nitrogen and oxygen atoms in total. The van der Waals surface area contributed by atoms with Gasteiger partial charge in [0.25, 0.3) is 0 Å². The molecule has 3 aromatic rings. The number of rotatable bonds is 3. The van der Waals surface area contributed by atoms with Crippen molar-refractivity contribution in [3.63, 3.8) is 0 Å². The summed E-state index contributed by atoms with van der Waals surface area (Å²) in [6.07, 6.45) is 5.20. The molecule has 3 aliphatic rings. The average Bonchev–Trinajstić information content (AvgIpc) is 3.29. The third-order valence-corrected chi connectivity index (χ3v) is 8.39. The van der Waals surface area contributed by atoms with Crippen LogP contribution in [0.25, 0.3) is 11.8 Å². The van der Waals surface area contributed by atoms with Crippen LogP contribution in [-0.4, -0.2) is 10.1 Å². The molecule has 6 rings (SSSR count). The number of aliphatic imine (C=N–C) groups is 1. The lowest BCUT2D eigenvalue weighted by Crippen LogP contribution is -2.35. The van der Waals surface area contributed by atoms with E-state index in [4.69, 9.17) is 39.8 Å². The number of thioether (sulfide) groups is 1. The van der Waals surface area contributed by atoms with E-state index in [1.165, 1.54) is 11.1 Å². The number of allylic oxidation sites excluding steroid dienone is 1. The van der Waals surface area contributed by atoms with E-state index in [9.17, 15) is 0 Å². The zero-order valence-electron chi connectivity index (χ0n) is 18.7. The number of fused-ring (bicyclic) bond motifs is 1. The quantitative estimate of drug-likeness (QED) is 0.332. The van der Waals surface area contributed by atoms with Crippen LogP contribution in [0, 0.1) is 0 Å². The largest absolute Gasteiger partial charge is 0.308 e. The number of benzene rings is 3. The lowest BCUT2D eigenvalue weighted by molar-refractivity contribution is 0.458. The summed E-state index contributed by atoms with van der Waals surface area (Å²) >= 11 is 21.2.